The van der Waals surface area contributed by atoms with Crippen molar-refractivity contribution in [1.29, 1.82) is 0 Å². The molecule has 1 aromatic rings. The van der Waals surface area contributed by atoms with Gasteiger partial charge in [-0.1, -0.05) is 0 Å². The molecule has 0 aliphatic heterocycles. The van der Waals surface area contributed by atoms with Crippen LogP contribution < -0.4 is 5.73 Å². The summed E-state index contributed by atoms with van der Waals surface area (Å²) in [6, 6.07) is 0. The number of nitrogens with zero attached hydrogens (tertiary/aromatic N) is 2. The minimum Gasteiger partial charge on any atom is -0.318 e. The van der Waals surface area contributed by atoms with Gasteiger partial charge < -0.3 is 5.73 Å². The molecule has 3 N–H and O–H groups in total. The molecule has 1 aromatic heterocycles. The molecule has 1 heterocycles. The summed E-state index contributed by atoms with van der Waals surface area (Å²) < 4.78 is 25.0. The molecule has 0 amide bonds. The molecule has 4 nitrogen and oxygen atoms in total. The van der Waals surface area contributed by atoms with Gasteiger partial charge in [-0.15, -0.1) is 0 Å². The molecule has 1 fully saturated rings. The summed E-state index contributed by atoms with van der Waals surface area (Å²) in [6.45, 7) is 0. The largest absolute Gasteiger partial charge is 0.318 e. The van der Waals surface area contributed by atoms with E-state index in [1.165, 1.54) is 6.33 Å². The molecule has 0 saturated heterocycles. The summed E-state index contributed by atoms with van der Waals surface area (Å²) in [6.07, 6.45) is 0.560. The molecule has 1 aliphatic rings. The van der Waals surface area contributed by atoms with Crippen molar-refractivity contribution in [3.05, 3.63) is 12.2 Å². The second-order valence-electron chi connectivity index (χ2n) is 5.95. The summed E-state index contributed by atoms with van der Waals surface area (Å²) in [5, 5.41) is 6.05. The maximum atomic E-state index is 12.5. The van der Waals surface area contributed by atoms with Crippen molar-refractivity contribution in [2.45, 2.75) is 24.3 Å². The summed E-state index contributed by atoms with van der Waals surface area (Å²) >= 11 is 60.6. The van der Waals surface area contributed by atoms with Crippen molar-refractivity contribution in [1.82, 2.24) is 15.2 Å². The maximum Gasteiger partial charge on any atom is 0.252 e. The van der Waals surface area contributed by atoms with Crippen LogP contribution in [-0.2, 0) is 5.54 Å². The van der Waals surface area contributed by atoms with Gasteiger partial charge in [-0.25, -0.2) is 13.8 Å². The summed E-state index contributed by atoms with van der Waals surface area (Å²) in [5.41, 5.74) is 4.63. The van der Waals surface area contributed by atoms with Crippen molar-refractivity contribution in [2.75, 3.05) is 0 Å². The second-order valence-corrected chi connectivity index (χ2v) is 834. The van der Waals surface area contributed by atoms with Crippen LogP contribution in [0.4, 0.5) is 8.78 Å². The number of aromatic amines is 1. The maximum absolute atomic E-state index is 12.5. The average Bonchev–Trinajstić information content (AvgIpc) is 3.58. The Labute approximate surface area is 525 Å². The van der Waals surface area contributed by atoms with Gasteiger partial charge in [0, 0.05) is 12.8 Å². The van der Waals surface area contributed by atoms with Crippen LogP contribution in [0.15, 0.2) is 6.33 Å². The van der Waals surface area contributed by atoms with Crippen molar-refractivity contribution < 1.29 is 8.78 Å². The Hall–Kier alpha value is 25.2. The molecule has 0 spiro atoms. The zero-order chi connectivity index (χ0) is 37.6. The molecule has 2 rings (SSSR count). The van der Waals surface area contributed by atoms with Gasteiger partial charge in [0.05, 0.1) is 5.54 Å². The first-order valence-corrected chi connectivity index (χ1v) is 229. The average molecular weight is 4740 g/mol. The van der Waals surface area contributed by atoms with E-state index < -0.39 is 146 Å². The van der Waals surface area contributed by atoms with E-state index in [0.717, 1.165) is 0 Å². The van der Waals surface area contributed by atoms with E-state index in [9.17, 15) is 8.78 Å². The molecule has 0 atom stereocenters. The smallest absolute Gasteiger partial charge is 0.252 e. The predicted octanol–water partition coefficient (Wildman–Crippen LogP) is 32.3. The normalized spacial score (nSPS) is 20.2. The van der Waals surface area contributed by atoms with Crippen LogP contribution in [-0.4, -0.2) is 21.1 Å². The van der Waals surface area contributed by atoms with E-state index in [-0.39, 0.29) is 12.8 Å². The molecule has 318 valence electrons. The number of nitrogens with two attached hydrogens (primary N) is 1. The Morgan fingerprint density at radius 1 is 0.479 bits per heavy atom. The van der Waals surface area contributed by atoms with Gasteiger partial charge in [0.15, 0.2) is 0 Å². The molecule has 1 aliphatic carbocycles. The minimum atomic E-state index is -2.64. The fourth-order valence-electron chi connectivity index (χ4n) is 1.95. The van der Waals surface area contributed by atoms with Gasteiger partial charge in [-0.3, -0.25) is 5.10 Å². The number of nitrogens with one attached hydrogen (secondary N) is 1. The zero-order valence-corrected chi connectivity index (χ0v) is 97.5. The molecular formula is C6H8F2I36N4. The second kappa shape index (κ2) is 38.8. The number of hydrogen-bond donors (Lipinski definition) is 2. The van der Waals surface area contributed by atoms with Gasteiger partial charge >= 0.3 is 488 Å². The molecule has 0 unspecified atom stereocenters. The van der Waals surface area contributed by atoms with Crippen LogP contribution in [0, 0.1) is 0 Å². The first kappa shape index (κ1) is 71.3. The van der Waals surface area contributed by atoms with Gasteiger partial charge in [0.2, 0.25) is 0 Å². The van der Waals surface area contributed by atoms with Crippen molar-refractivity contribution in [2.24, 2.45) is 5.73 Å². The standard InChI is InChI=1S/C6H8F2N4.I36/c7-6(8)1-5(9,2-6)4-10-3-11-12-4;1-20(2)22(5)24(7)26(9)28(11)30(13)32(15)34(17)36(19)35(18)33(16)31(14)29(12)27(10)25(8)23(6)21(3)4/h3H,1-2,9H2,(H,10,11,12);. The van der Waals surface area contributed by atoms with Crippen molar-refractivity contribution in [3.63, 3.8) is 0 Å². The van der Waals surface area contributed by atoms with Crippen LogP contribution in [0.5, 0.6) is 0 Å². The Kier molecular flexibility index (Phi) is 57.6. The Balaban J connectivity index is 0.000000787. The van der Waals surface area contributed by atoms with E-state index >= 15 is 0 Å². The third kappa shape index (κ3) is 26.9. The molecule has 0 bridgehead atoms. The van der Waals surface area contributed by atoms with Crippen LogP contribution in [0.3, 0.4) is 0 Å². The van der Waals surface area contributed by atoms with Crippen LogP contribution in [0.1, 0.15) is 18.7 Å². The molecule has 42 heteroatoms. The van der Waals surface area contributed by atoms with Crippen molar-refractivity contribution >= 4 is 488 Å². The first-order valence-electron chi connectivity index (χ1n) is 8.54. The number of rotatable bonds is 17. The molecule has 48 heavy (non-hydrogen) atoms. The quantitative estimate of drug-likeness (QED) is 0.153. The number of alkyl halides is 2. The van der Waals surface area contributed by atoms with Gasteiger partial charge in [0.25, 0.3) is 5.92 Å². The molecule has 1 saturated carbocycles. The summed E-state index contributed by atoms with van der Waals surface area (Å²) in [4.78, 5) is 3.75. The predicted molar refractivity (Wildman–Crippen MR) is 541 cm³/mol. The SMILES string of the molecule is II(I)I(I)I(I)I(I)I(I)I(I)I(I)I(I)I(I)I(I)I(I)I(I)I(I)I(I)I(I)I(I)I(I)I.NC1(c2ncn[nH]2)CC(F)(F)C1. The number of aromatic nitrogens is 3. The third-order valence-electron chi connectivity index (χ3n) is 3.34. The summed E-state index contributed by atoms with van der Waals surface area (Å²) in [7, 11) is -8.33. The summed E-state index contributed by atoms with van der Waals surface area (Å²) in [5.74, 6) is -2.30. The molecule has 0 aromatic carbocycles. The number of halogens is 38. The van der Waals surface area contributed by atoms with Crippen LogP contribution in [0.2, 0.25) is 0 Å². The van der Waals surface area contributed by atoms with E-state index in [2.05, 4.69) is 369 Å². The topological polar surface area (TPSA) is 67.6 Å². The van der Waals surface area contributed by atoms with E-state index in [4.69, 9.17) is 5.73 Å². The number of hydrogen-bond acceptors (Lipinski definition) is 3. The molecule has 0 radical (unpaired) electrons. The van der Waals surface area contributed by atoms with E-state index in [1.807, 2.05) is 0 Å². The van der Waals surface area contributed by atoms with E-state index in [1.54, 1.807) is 0 Å². The Morgan fingerprint density at radius 3 is 0.875 bits per heavy atom. The first-order chi connectivity index (χ1) is 21.8. The molecular weight excluding hydrogens is 4730 g/mol. The van der Waals surface area contributed by atoms with Crippen LogP contribution >= 0.6 is 488 Å². The van der Waals surface area contributed by atoms with Gasteiger partial charge in [0.1, 0.15) is 12.2 Å². The van der Waals surface area contributed by atoms with Gasteiger partial charge in [-0.05, 0) is 0 Å². The fourth-order valence-corrected chi connectivity index (χ4v) is 6290. The Bertz CT molecular complexity index is 992. The number of H-pyrrole nitrogens is 1. The fraction of sp³-hybridized carbons (Fsp3) is 0.667. The van der Waals surface area contributed by atoms with Gasteiger partial charge in [-0.2, -0.15) is 5.10 Å². The minimum absolute atomic E-state index is 0.341. The van der Waals surface area contributed by atoms with Crippen LogP contribution in [0.25, 0.3) is 0 Å². The monoisotopic (exact) mass is 4740 g/mol. The zero-order valence-electron chi connectivity index (χ0n) is 19.8. The van der Waals surface area contributed by atoms with Crippen molar-refractivity contribution in [3.8, 4) is 0 Å². The van der Waals surface area contributed by atoms with E-state index in [0.29, 0.717) is 5.82 Å². The third-order valence-corrected chi connectivity index (χ3v) is 2650. The Morgan fingerprint density at radius 2 is 0.708 bits per heavy atom.